The normalized spacial score (nSPS) is 22.7. The summed E-state index contributed by atoms with van der Waals surface area (Å²) in [5.74, 6) is 0.238. The summed E-state index contributed by atoms with van der Waals surface area (Å²) in [6.07, 6.45) is 4.12. The predicted octanol–water partition coefficient (Wildman–Crippen LogP) is 3.24. The smallest absolute Gasteiger partial charge is 0.246 e. The van der Waals surface area contributed by atoms with E-state index in [-0.39, 0.29) is 18.6 Å². The van der Waals surface area contributed by atoms with Crippen LogP contribution in [0.3, 0.4) is 0 Å². The number of nitrogens with zero attached hydrogens (tertiary/aromatic N) is 1. The van der Waals surface area contributed by atoms with Crippen molar-refractivity contribution in [2.75, 3.05) is 13.2 Å². The highest BCUT2D eigenvalue weighted by Crippen LogP contribution is 2.24. The zero-order valence-electron chi connectivity index (χ0n) is 11.2. The lowest BCUT2D eigenvalue weighted by Crippen LogP contribution is -2.38. The van der Waals surface area contributed by atoms with Crippen molar-refractivity contribution in [3.63, 3.8) is 0 Å². The summed E-state index contributed by atoms with van der Waals surface area (Å²) in [7, 11) is 0. The SMILES string of the molecule is CC1CCN(C(=O)/C=C/c2cc(Cl)cc(Cl)c2)C1CO. The van der Waals surface area contributed by atoms with Gasteiger partial charge in [0.15, 0.2) is 0 Å². The third-order valence-corrected chi connectivity index (χ3v) is 4.09. The van der Waals surface area contributed by atoms with E-state index in [1.165, 1.54) is 6.08 Å². The molecule has 3 nitrogen and oxygen atoms in total. The van der Waals surface area contributed by atoms with Crippen molar-refractivity contribution < 1.29 is 9.90 Å². The quantitative estimate of drug-likeness (QED) is 0.870. The molecule has 0 radical (unpaired) electrons. The molecule has 1 saturated heterocycles. The molecule has 108 valence electrons. The summed E-state index contributed by atoms with van der Waals surface area (Å²) in [5, 5.41) is 10.4. The van der Waals surface area contributed by atoms with Crippen molar-refractivity contribution in [1.82, 2.24) is 4.90 Å². The fraction of sp³-hybridized carbons (Fsp3) is 0.400. The predicted molar refractivity (Wildman–Crippen MR) is 81.9 cm³/mol. The molecule has 0 saturated carbocycles. The van der Waals surface area contributed by atoms with E-state index in [0.29, 0.717) is 22.5 Å². The molecular formula is C15H17Cl2NO2. The van der Waals surface area contributed by atoms with E-state index in [0.717, 1.165) is 12.0 Å². The van der Waals surface area contributed by atoms with Crippen LogP contribution in [-0.2, 0) is 4.79 Å². The standard InChI is InChI=1S/C15H17Cl2NO2/c1-10-4-5-18(14(10)9-19)15(20)3-2-11-6-12(16)8-13(17)7-11/h2-3,6-8,10,14,19H,4-5,9H2,1H3/b3-2+. The average Bonchev–Trinajstić information content (AvgIpc) is 2.76. The lowest BCUT2D eigenvalue weighted by atomic mass is 10.0. The molecule has 1 N–H and O–H groups in total. The fourth-order valence-electron chi connectivity index (χ4n) is 2.49. The Bertz CT molecular complexity index is 510. The Morgan fingerprint density at radius 3 is 2.65 bits per heavy atom. The van der Waals surface area contributed by atoms with E-state index < -0.39 is 0 Å². The number of benzene rings is 1. The average molecular weight is 314 g/mol. The van der Waals surface area contributed by atoms with Crippen LogP contribution in [0.15, 0.2) is 24.3 Å². The zero-order chi connectivity index (χ0) is 14.7. The molecule has 2 rings (SSSR count). The molecule has 1 amide bonds. The van der Waals surface area contributed by atoms with Crippen molar-refractivity contribution in [2.24, 2.45) is 5.92 Å². The Kier molecular flexibility index (Phi) is 5.08. The molecule has 1 aromatic carbocycles. The van der Waals surface area contributed by atoms with Crippen molar-refractivity contribution >= 4 is 35.2 Å². The summed E-state index contributed by atoms with van der Waals surface area (Å²) in [4.78, 5) is 13.9. The minimum absolute atomic E-state index is 0.00371. The van der Waals surface area contributed by atoms with Gasteiger partial charge in [-0.1, -0.05) is 30.1 Å². The number of halogens is 2. The van der Waals surface area contributed by atoms with Crippen molar-refractivity contribution in [1.29, 1.82) is 0 Å². The van der Waals surface area contributed by atoms with Crippen LogP contribution in [0.2, 0.25) is 10.0 Å². The number of carbonyl (C=O) groups excluding carboxylic acids is 1. The highest BCUT2D eigenvalue weighted by Gasteiger charge is 2.32. The number of likely N-dealkylation sites (tertiary alicyclic amines) is 1. The Hall–Kier alpha value is -1.03. The number of aliphatic hydroxyl groups excluding tert-OH is 1. The van der Waals surface area contributed by atoms with Crippen molar-refractivity contribution in [3.8, 4) is 0 Å². The first-order chi connectivity index (χ1) is 9.51. The number of amides is 1. The van der Waals surface area contributed by atoms with Crippen molar-refractivity contribution in [2.45, 2.75) is 19.4 Å². The topological polar surface area (TPSA) is 40.5 Å². The molecule has 20 heavy (non-hydrogen) atoms. The van der Waals surface area contributed by atoms with Gasteiger partial charge >= 0.3 is 0 Å². The minimum Gasteiger partial charge on any atom is -0.394 e. The van der Waals surface area contributed by atoms with Gasteiger partial charge in [0, 0.05) is 22.7 Å². The summed E-state index contributed by atoms with van der Waals surface area (Å²) in [6, 6.07) is 5.04. The Morgan fingerprint density at radius 2 is 2.05 bits per heavy atom. The van der Waals surface area contributed by atoms with E-state index in [1.807, 2.05) is 0 Å². The second-order valence-electron chi connectivity index (χ2n) is 5.08. The molecule has 1 heterocycles. The molecule has 1 aliphatic heterocycles. The third kappa shape index (κ3) is 3.54. The molecule has 1 aromatic rings. The first-order valence-electron chi connectivity index (χ1n) is 6.57. The number of hydrogen-bond acceptors (Lipinski definition) is 2. The van der Waals surface area contributed by atoms with Gasteiger partial charge in [0.2, 0.25) is 5.91 Å². The van der Waals surface area contributed by atoms with Crippen LogP contribution in [0.4, 0.5) is 0 Å². The first-order valence-corrected chi connectivity index (χ1v) is 7.32. The number of hydrogen-bond donors (Lipinski definition) is 1. The van der Waals surface area contributed by atoms with Crippen LogP contribution in [0, 0.1) is 5.92 Å². The highest BCUT2D eigenvalue weighted by atomic mass is 35.5. The van der Waals surface area contributed by atoms with E-state index in [4.69, 9.17) is 23.2 Å². The van der Waals surface area contributed by atoms with Gasteiger partial charge < -0.3 is 10.0 Å². The van der Waals surface area contributed by atoms with Gasteiger partial charge in [-0.05, 0) is 42.2 Å². The van der Waals surface area contributed by atoms with Gasteiger partial charge in [-0.25, -0.2) is 0 Å². The van der Waals surface area contributed by atoms with Gasteiger partial charge in [0.05, 0.1) is 12.6 Å². The van der Waals surface area contributed by atoms with E-state index in [1.54, 1.807) is 29.2 Å². The molecule has 0 aliphatic carbocycles. The van der Waals surface area contributed by atoms with Crippen LogP contribution in [0.25, 0.3) is 6.08 Å². The summed E-state index contributed by atoms with van der Waals surface area (Å²) >= 11 is 11.8. The number of rotatable bonds is 3. The van der Waals surface area contributed by atoms with Crippen LogP contribution < -0.4 is 0 Å². The molecule has 1 aliphatic rings. The van der Waals surface area contributed by atoms with E-state index >= 15 is 0 Å². The second kappa shape index (κ2) is 6.61. The Morgan fingerprint density at radius 1 is 1.40 bits per heavy atom. The zero-order valence-corrected chi connectivity index (χ0v) is 12.7. The van der Waals surface area contributed by atoms with Gasteiger partial charge in [-0.15, -0.1) is 0 Å². The lowest BCUT2D eigenvalue weighted by Gasteiger charge is -2.23. The van der Waals surface area contributed by atoms with E-state index in [2.05, 4.69) is 6.92 Å². The maximum atomic E-state index is 12.2. The largest absolute Gasteiger partial charge is 0.394 e. The van der Waals surface area contributed by atoms with E-state index in [9.17, 15) is 9.90 Å². The Balaban J connectivity index is 2.09. The van der Waals surface area contributed by atoms with Gasteiger partial charge in [0.25, 0.3) is 0 Å². The first kappa shape index (κ1) is 15.4. The number of aliphatic hydroxyl groups is 1. The molecule has 0 spiro atoms. The van der Waals surface area contributed by atoms with Crippen LogP contribution in [0.1, 0.15) is 18.9 Å². The molecule has 5 heteroatoms. The second-order valence-corrected chi connectivity index (χ2v) is 5.96. The Labute approximate surface area is 128 Å². The molecule has 0 aromatic heterocycles. The summed E-state index contributed by atoms with van der Waals surface area (Å²) in [6.45, 7) is 2.74. The summed E-state index contributed by atoms with van der Waals surface area (Å²) in [5.41, 5.74) is 0.781. The monoisotopic (exact) mass is 313 g/mol. The molecular weight excluding hydrogens is 297 g/mol. The maximum absolute atomic E-state index is 12.2. The third-order valence-electron chi connectivity index (χ3n) is 3.66. The summed E-state index contributed by atoms with van der Waals surface area (Å²) < 4.78 is 0. The van der Waals surface area contributed by atoms with Crippen LogP contribution in [-0.4, -0.2) is 35.1 Å². The highest BCUT2D eigenvalue weighted by molar-refractivity contribution is 6.34. The van der Waals surface area contributed by atoms with Gasteiger partial charge in [0.1, 0.15) is 0 Å². The minimum atomic E-state index is -0.0931. The lowest BCUT2D eigenvalue weighted by molar-refractivity contribution is -0.127. The van der Waals surface area contributed by atoms with Gasteiger partial charge in [-0.2, -0.15) is 0 Å². The molecule has 0 bridgehead atoms. The van der Waals surface area contributed by atoms with Crippen molar-refractivity contribution in [3.05, 3.63) is 39.9 Å². The van der Waals surface area contributed by atoms with Crippen LogP contribution in [0.5, 0.6) is 0 Å². The molecule has 1 fully saturated rings. The van der Waals surface area contributed by atoms with Gasteiger partial charge in [-0.3, -0.25) is 4.79 Å². The van der Waals surface area contributed by atoms with Crippen LogP contribution >= 0.6 is 23.2 Å². The number of carbonyl (C=O) groups is 1. The molecule has 2 atom stereocenters. The molecule has 2 unspecified atom stereocenters. The maximum Gasteiger partial charge on any atom is 0.246 e. The fourth-order valence-corrected chi connectivity index (χ4v) is 3.04.